The number of nitrogens with zero attached hydrogens (tertiary/aromatic N) is 1. The highest BCUT2D eigenvalue weighted by atomic mass is 79.9. The van der Waals surface area contributed by atoms with E-state index in [2.05, 4.69) is 15.9 Å². The molecule has 0 atom stereocenters. The van der Waals surface area contributed by atoms with Gasteiger partial charge in [0.15, 0.2) is 0 Å². The van der Waals surface area contributed by atoms with E-state index in [4.69, 9.17) is 9.47 Å². The third kappa shape index (κ3) is 12.4. The molecule has 0 aromatic heterocycles. The molecule has 0 saturated heterocycles. The van der Waals surface area contributed by atoms with Crippen LogP contribution >= 0.6 is 15.9 Å². The third-order valence-corrected chi connectivity index (χ3v) is 2.35. The second-order valence-corrected chi connectivity index (χ2v) is 4.33. The molecule has 0 heterocycles. The van der Waals surface area contributed by atoms with Crippen LogP contribution in [0.2, 0.25) is 0 Å². The standard InChI is InChI=1S/C10H19BrF3NO2/c1-16-6-2-7-17-8-5-15(4-3-11)9-10(12,13)14/h2-9H2,1H3. The molecule has 0 fully saturated rings. The first-order valence-corrected chi connectivity index (χ1v) is 6.53. The van der Waals surface area contributed by atoms with Crippen molar-refractivity contribution in [1.29, 1.82) is 0 Å². The van der Waals surface area contributed by atoms with Gasteiger partial charge in [0, 0.05) is 38.7 Å². The second-order valence-electron chi connectivity index (χ2n) is 3.54. The van der Waals surface area contributed by atoms with Crippen molar-refractivity contribution < 1.29 is 22.6 Å². The summed E-state index contributed by atoms with van der Waals surface area (Å²) in [5.41, 5.74) is 0. The summed E-state index contributed by atoms with van der Waals surface area (Å²) in [7, 11) is 1.60. The van der Waals surface area contributed by atoms with Crippen LogP contribution in [0.25, 0.3) is 0 Å². The fourth-order valence-corrected chi connectivity index (χ4v) is 1.75. The lowest BCUT2D eigenvalue weighted by Gasteiger charge is -2.22. The van der Waals surface area contributed by atoms with Crippen molar-refractivity contribution in [2.24, 2.45) is 0 Å². The molecule has 3 nitrogen and oxygen atoms in total. The predicted molar refractivity (Wildman–Crippen MR) is 63.6 cm³/mol. The number of alkyl halides is 4. The van der Waals surface area contributed by atoms with Gasteiger partial charge in [-0.15, -0.1) is 0 Å². The largest absolute Gasteiger partial charge is 0.401 e. The number of methoxy groups -OCH3 is 1. The maximum atomic E-state index is 12.2. The van der Waals surface area contributed by atoms with Gasteiger partial charge >= 0.3 is 6.18 Å². The number of hydrogen-bond donors (Lipinski definition) is 0. The van der Waals surface area contributed by atoms with Gasteiger partial charge in [0.05, 0.1) is 13.2 Å². The lowest BCUT2D eigenvalue weighted by atomic mass is 10.4. The summed E-state index contributed by atoms with van der Waals surface area (Å²) in [4.78, 5) is 1.32. The van der Waals surface area contributed by atoms with Crippen molar-refractivity contribution in [3.63, 3.8) is 0 Å². The first kappa shape index (κ1) is 17.2. The van der Waals surface area contributed by atoms with E-state index in [0.717, 1.165) is 6.42 Å². The van der Waals surface area contributed by atoms with Crippen LogP contribution in [-0.2, 0) is 9.47 Å². The Morgan fingerprint density at radius 3 is 2.35 bits per heavy atom. The van der Waals surface area contributed by atoms with Crippen LogP contribution < -0.4 is 0 Å². The number of rotatable bonds is 10. The Hall–Kier alpha value is 0.150. The van der Waals surface area contributed by atoms with Gasteiger partial charge in [-0.2, -0.15) is 13.2 Å². The Balaban J connectivity index is 3.63. The van der Waals surface area contributed by atoms with E-state index in [1.165, 1.54) is 4.90 Å². The first-order chi connectivity index (χ1) is 7.99. The molecule has 17 heavy (non-hydrogen) atoms. The fraction of sp³-hybridized carbons (Fsp3) is 1.00. The topological polar surface area (TPSA) is 21.7 Å². The van der Waals surface area contributed by atoms with E-state index in [-0.39, 0.29) is 6.54 Å². The van der Waals surface area contributed by atoms with Gasteiger partial charge in [0.2, 0.25) is 0 Å². The minimum atomic E-state index is -4.15. The van der Waals surface area contributed by atoms with Crippen molar-refractivity contribution in [1.82, 2.24) is 4.90 Å². The molecule has 0 radical (unpaired) electrons. The summed E-state index contributed by atoms with van der Waals surface area (Å²) in [6.45, 7) is 1.20. The van der Waals surface area contributed by atoms with E-state index in [9.17, 15) is 13.2 Å². The molecule has 0 saturated carbocycles. The molecule has 104 valence electrons. The Bertz CT molecular complexity index is 181. The molecule has 0 amide bonds. The van der Waals surface area contributed by atoms with E-state index < -0.39 is 12.7 Å². The second kappa shape index (κ2) is 10.1. The van der Waals surface area contributed by atoms with Crippen molar-refractivity contribution in [3.8, 4) is 0 Å². The van der Waals surface area contributed by atoms with Crippen molar-refractivity contribution >= 4 is 15.9 Å². The quantitative estimate of drug-likeness (QED) is 0.455. The summed E-state index contributed by atoms with van der Waals surface area (Å²) in [6, 6.07) is 0. The lowest BCUT2D eigenvalue weighted by molar-refractivity contribution is -0.146. The molecule has 0 aliphatic carbocycles. The molecular formula is C10H19BrF3NO2. The Morgan fingerprint density at radius 2 is 1.82 bits per heavy atom. The molecule has 0 aliphatic rings. The average molecular weight is 322 g/mol. The van der Waals surface area contributed by atoms with Gasteiger partial charge in [0.25, 0.3) is 0 Å². The third-order valence-electron chi connectivity index (χ3n) is 1.99. The van der Waals surface area contributed by atoms with E-state index in [1.54, 1.807) is 7.11 Å². The van der Waals surface area contributed by atoms with Crippen LogP contribution in [0.4, 0.5) is 13.2 Å². The summed E-state index contributed by atoms with van der Waals surface area (Å²) < 4.78 is 46.6. The smallest absolute Gasteiger partial charge is 0.385 e. The molecule has 0 bridgehead atoms. The van der Waals surface area contributed by atoms with Gasteiger partial charge in [-0.05, 0) is 6.42 Å². The maximum Gasteiger partial charge on any atom is 0.401 e. The summed E-state index contributed by atoms with van der Waals surface area (Å²) in [6.07, 6.45) is -3.40. The zero-order chi connectivity index (χ0) is 13.1. The monoisotopic (exact) mass is 321 g/mol. The minimum Gasteiger partial charge on any atom is -0.385 e. The van der Waals surface area contributed by atoms with Crippen LogP contribution in [0.15, 0.2) is 0 Å². The van der Waals surface area contributed by atoms with Crippen molar-refractivity contribution in [3.05, 3.63) is 0 Å². The average Bonchev–Trinajstić information content (AvgIpc) is 2.21. The SMILES string of the molecule is COCCCOCCN(CCBr)CC(F)(F)F. The molecule has 0 unspecified atom stereocenters. The van der Waals surface area contributed by atoms with E-state index >= 15 is 0 Å². The number of hydrogen-bond acceptors (Lipinski definition) is 3. The molecule has 0 N–H and O–H groups in total. The number of ether oxygens (including phenoxy) is 2. The highest BCUT2D eigenvalue weighted by Crippen LogP contribution is 2.16. The zero-order valence-electron chi connectivity index (χ0n) is 9.93. The highest BCUT2D eigenvalue weighted by molar-refractivity contribution is 9.09. The molecule has 0 aromatic rings. The summed E-state index contributed by atoms with van der Waals surface area (Å²) in [5, 5.41) is 0.521. The van der Waals surface area contributed by atoms with Gasteiger partial charge in [-0.1, -0.05) is 15.9 Å². The van der Waals surface area contributed by atoms with Crippen LogP contribution in [0.5, 0.6) is 0 Å². The molecule has 0 spiro atoms. The Kier molecular flexibility index (Phi) is 10.2. The summed E-state index contributed by atoms with van der Waals surface area (Å²) in [5.74, 6) is 0. The molecule has 0 rings (SSSR count). The fourth-order valence-electron chi connectivity index (χ4n) is 1.24. The van der Waals surface area contributed by atoms with Crippen LogP contribution in [0, 0.1) is 0 Å². The molecule has 0 aliphatic heterocycles. The molecule has 7 heteroatoms. The van der Waals surface area contributed by atoms with Crippen LogP contribution in [0.1, 0.15) is 6.42 Å². The first-order valence-electron chi connectivity index (χ1n) is 5.41. The van der Waals surface area contributed by atoms with Gasteiger partial charge in [-0.25, -0.2) is 0 Å². The maximum absolute atomic E-state index is 12.2. The van der Waals surface area contributed by atoms with Crippen molar-refractivity contribution in [2.75, 3.05) is 51.9 Å². The Labute approximate surface area is 108 Å². The zero-order valence-corrected chi connectivity index (χ0v) is 11.5. The van der Waals surface area contributed by atoms with Gasteiger partial charge < -0.3 is 9.47 Å². The lowest BCUT2D eigenvalue weighted by Crippen LogP contribution is -2.37. The highest BCUT2D eigenvalue weighted by Gasteiger charge is 2.30. The van der Waals surface area contributed by atoms with Gasteiger partial charge in [-0.3, -0.25) is 4.90 Å². The normalized spacial score (nSPS) is 12.4. The predicted octanol–water partition coefficient (Wildman–Crippen LogP) is 2.30. The number of halogens is 4. The summed E-state index contributed by atoms with van der Waals surface area (Å²) >= 11 is 3.13. The van der Waals surface area contributed by atoms with E-state index in [0.29, 0.717) is 31.7 Å². The van der Waals surface area contributed by atoms with Crippen LogP contribution in [-0.4, -0.2) is 63.0 Å². The van der Waals surface area contributed by atoms with Crippen molar-refractivity contribution in [2.45, 2.75) is 12.6 Å². The minimum absolute atomic E-state index is 0.290. The van der Waals surface area contributed by atoms with Crippen LogP contribution in [0.3, 0.4) is 0 Å². The van der Waals surface area contributed by atoms with Gasteiger partial charge in [0.1, 0.15) is 0 Å². The van der Waals surface area contributed by atoms with E-state index in [1.807, 2.05) is 0 Å². The molecular weight excluding hydrogens is 303 g/mol. The Morgan fingerprint density at radius 1 is 1.12 bits per heavy atom. The molecule has 0 aromatic carbocycles.